The molecule has 1 heterocycles. The second-order valence-electron chi connectivity index (χ2n) is 4.40. The fourth-order valence-electron chi connectivity index (χ4n) is 1.63. The largest absolute Gasteiger partial charge is 0.325 e. The average Bonchev–Trinajstić information content (AvgIpc) is 2.79. The van der Waals surface area contributed by atoms with Crippen molar-refractivity contribution in [2.75, 3.05) is 10.6 Å². The van der Waals surface area contributed by atoms with Crippen molar-refractivity contribution in [3.8, 4) is 6.07 Å². The van der Waals surface area contributed by atoms with Gasteiger partial charge in [0.2, 0.25) is 0 Å². The van der Waals surface area contributed by atoms with Crippen LogP contribution in [0.2, 0.25) is 0 Å². The zero-order chi connectivity index (χ0) is 17.0. The summed E-state index contributed by atoms with van der Waals surface area (Å²) in [6.45, 7) is 3.45. The molecule has 2 amide bonds. The molecule has 0 radical (unpaired) electrons. The predicted molar refractivity (Wildman–Crippen MR) is 97.0 cm³/mol. The van der Waals surface area contributed by atoms with E-state index in [-0.39, 0.29) is 0 Å². The van der Waals surface area contributed by atoms with E-state index in [2.05, 4.69) is 36.5 Å². The Morgan fingerprint density at radius 1 is 1.48 bits per heavy atom. The normalized spacial score (nSPS) is 11.0. The number of nitrogens with zero attached hydrogens (tertiary/aromatic N) is 3. The average molecular weight is 413 g/mol. The first-order valence-electron chi connectivity index (χ1n) is 6.35. The highest BCUT2D eigenvalue weighted by Gasteiger charge is 2.11. The smallest absolute Gasteiger partial charge is 0.308 e. The second kappa shape index (κ2) is 7.55. The van der Waals surface area contributed by atoms with Gasteiger partial charge in [-0.25, -0.2) is 14.8 Å². The van der Waals surface area contributed by atoms with E-state index >= 15 is 0 Å². The Bertz CT molecular complexity index is 823. The highest BCUT2D eigenvalue weighted by atomic mass is 79.9. The third kappa shape index (κ3) is 4.76. The summed E-state index contributed by atoms with van der Waals surface area (Å²) < 4.78 is 0.667. The van der Waals surface area contributed by atoms with E-state index in [9.17, 15) is 4.79 Å². The van der Waals surface area contributed by atoms with Crippen LogP contribution in [0.5, 0.6) is 0 Å². The standard InChI is InChI=1S/C14H11BrClN5OS/c1-7-12(19-8(2)16)23-14(18-7)21-13(22)20-10-3-4-11(15)9(5-10)6-17/h3-5H,1-2H3,(H2,18,20,21,22). The van der Waals surface area contributed by atoms with Gasteiger partial charge < -0.3 is 5.32 Å². The summed E-state index contributed by atoms with van der Waals surface area (Å²) in [4.78, 5) is 20.3. The molecule has 0 aliphatic carbocycles. The molecule has 0 saturated heterocycles. The summed E-state index contributed by atoms with van der Waals surface area (Å²) in [7, 11) is 0. The van der Waals surface area contributed by atoms with E-state index in [1.54, 1.807) is 32.0 Å². The van der Waals surface area contributed by atoms with Gasteiger partial charge in [-0.15, -0.1) is 0 Å². The Morgan fingerprint density at radius 2 is 2.22 bits per heavy atom. The van der Waals surface area contributed by atoms with Gasteiger partial charge in [-0.2, -0.15) is 5.26 Å². The van der Waals surface area contributed by atoms with Crippen LogP contribution in [-0.2, 0) is 0 Å². The van der Waals surface area contributed by atoms with Crippen molar-refractivity contribution < 1.29 is 4.79 Å². The molecule has 9 heteroatoms. The SMILES string of the molecule is CC(Cl)=Nc1sc(NC(=O)Nc2ccc(Br)c(C#N)c2)nc1C. The molecule has 0 aliphatic rings. The summed E-state index contributed by atoms with van der Waals surface area (Å²) in [5.74, 6) is 0. The van der Waals surface area contributed by atoms with Gasteiger partial charge in [-0.3, -0.25) is 5.32 Å². The molecule has 2 aromatic rings. The van der Waals surface area contributed by atoms with Gasteiger partial charge >= 0.3 is 6.03 Å². The molecular weight excluding hydrogens is 402 g/mol. The molecule has 0 atom stereocenters. The van der Waals surface area contributed by atoms with Crippen molar-refractivity contribution in [2.45, 2.75) is 13.8 Å². The van der Waals surface area contributed by atoms with Crippen LogP contribution >= 0.6 is 38.9 Å². The number of rotatable bonds is 3. The van der Waals surface area contributed by atoms with E-state index in [4.69, 9.17) is 16.9 Å². The minimum absolute atomic E-state index is 0.395. The van der Waals surface area contributed by atoms with Gasteiger partial charge in [0.05, 0.1) is 11.3 Å². The molecule has 23 heavy (non-hydrogen) atoms. The number of aryl methyl sites for hydroxylation is 1. The molecule has 0 fully saturated rings. The number of nitriles is 1. The Labute approximate surface area is 150 Å². The molecule has 118 valence electrons. The maximum absolute atomic E-state index is 12.0. The van der Waals surface area contributed by atoms with Gasteiger partial charge in [0.1, 0.15) is 16.2 Å². The lowest BCUT2D eigenvalue weighted by Gasteiger charge is -2.06. The Morgan fingerprint density at radius 3 is 2.87 bits per heavy atom. The monoisotopic (exact) mass is 411 g/mol. The van der Waals surface area contributed by atoms with Crippen LogP contribution in [0.4, 0.5) is 20.6 Å². The van der Waals surface area contributed by atoms with Crippen LogP contribution in [-0.4, -0.2) is 16.2 Å². The lowest BCUT2D eigenvalue weighted by atomic mass is 10.2. The van der Waals surface area contributed by atoms with Crippen molar-refractivity contribution in [2.24, 2.45) is 4.99 Å². The number of nitrogens with one attached hydrogen (secondary N) is 2. The zero-order valence-electron chi connectivity index (χ0n) is 12.1. The number of benzene rings is 1. The van der Waals surface area contributed by atoms with E-state index in [1.165, 1.54) is 11.3 Å². The van der Waals surface area contributed by atoms with Gasteiger partial charge in [-0.05, 0) is 48.0 Å². The van der Waals surface area contributed by atoms with E-state index in [0.29, 0.717) is 36.7 Å². The summed E-state index contributed by atoms with van der Waals surface area (Å²) in [6.07, 6.45) is 0. The number of hydrogen-bond donors (Lipinski definition) is 2. The number of aliphatic imine (C=N–C) groups is 1. The number of carbonyl (C=O) groups is 1. The molecule has 2 N–H and O–H groups in total. The van der Waals surface area contributed by atoms with Crippen LogP contribution in [0.1, 0.15) is 18.2 Å². The van der Waals surface area contributed by atoms with Crippen LogP contribution in [0.15, 0.2) is 27.7 Å². The van der Waals surface area contributed by atoms with Crippen LogP contribution in [0.25, 0.3) is 0 Å². The Kier molecular flexibility index (Phi) is 5.71. The molecular formula is C14H11BrClN5OS. The minimum Gasteiger partial charge on any atom is -0.308 e. The number of halogens is 2. The zero-order valence-corrected chi connectivity index (χ0v) is 15.3. The van der Waals surface area contributed by atoms with E-state index in [1.807, 2.05) is 6.07 Å². The van der Waals surface area contributed by atoms with Crippen molar-refractivity contribution in [1.82, 2.24) is 4.98 Å². The molecule has 0 aliphatic heterocycles. The minimum atomic E-state index is -0.455. The van der Waals surface area contributed by atoms with Gasteiger partial charge in [0.25, 0.3) is 0 Å². The fourth-order valence-corrected chi connectivity index (χ4v) is 2.99. The summed E-state index contributed by atoms with van der Waals surface area (Å²) in [5.41, 5.74) is 1.62. The number of hydrogen-bond acceptors (Lipinski definition) is 5. The summed E-state index contributed by atoms with van der Waals surface area (Å²) in [5, 5.41) is 15.7. The first-order valence-corrected chi connectivity index (χ1v) is 8.33. The lowest BCUT2D eigenvalue weighted by Crippen LogP contribution is -2.19. The number of aromatic nitrogens is 1. The molecule has 0 spiro atoms. The molecule has 0 unspecified atom stereocenters. The molecule has 6 nitrogen and oxygen atoms in total. The third-order valence-electron chi connectivity index (χ3n) is 2.59. The number of anilines is 2. The van der Waals surface area contributed by atoms with Gasteiger partial charge in [-0.1, -0.05) is 22.9 Å². The summed E-state index contributed by atoms with van der Waals surface area (Å²) in [6, 6.07) is 6.53. The molecule has 2 rings (SSSR count). The van der Waals surface area contributed by atoms with Crippen LogP contribution < -0.4 is 10.6 Å². The first-order chi connectivity index (χ1) is 10.9. The van der Waals surface area contributed by atoms with Crippen molar-refractivity contribution in [1.29, 1.82) is 5.26 Å². The molecule has 1 aromatic heterocycles. The maximum atomic E-state index is 12.0. The van der Waals surface area contributed by atoms with Crippen molar-refractivity contribution in [3.63, 3.8) is 0 Å². The quantitative estimate of drug-likeness (QED) is 0.694. The Hall–Kier alpha value is -1.95. The number of thiazole rings is 1. The third-order valence-corrected chi connectivity index (χ3v) is 4.34. The van der Waals surface area contributed by atoms with Gasteiger partial charge in [0, 0.05) is 10.2 Å². The fraction of sp³-hybridized carbons (Fsp3) is 0.143. The van der Waals surface area contributed by atoms with E-state index in [0.717, 1.165) is 0 Å². The number of urea groups is 1. The maximum Gasteiger partial charge on any atom is 0.325 e. The molecule has 0 saturated carbocycles. The van der Waals surface area contributed by atoms with E-state index < -0.39 is 6.03 Å². The van der Waals surface area contributed by atoms with Crippen LogP contribution in [0, 0.1) is 18.3 Å². The van der Waals surface area contributed by atoms with Crippen LogP contribution in [0.3, 0.4) is 0 Å². The van der Waals surface area contributed by atoms with Crippen molar-refractivity contribution >= 4 is 65.9 Å². The summed E-state index contributed by atoms with van der Waals surface area (Å²) >= 11 is 10.2. The van der Waals surface area contributed by atoms with Crippen molar-refractivity contribution in [3.05, 3.63) is 33.9 Å². The number of amides is 2. The first kappa shape index (κ1) is 17.4. The molecule has 1 aromatic carbocycles. The number of carbonyl (C=O) groups excluding carboxylic acids is 1. The highest BCUT2D eigenvalue weighted by Crippen LogP contribution is 2.31. The predicted octanol–water partition coefficient (Wildman–Crippen LogP) is 5.02. The lowest BCUT2D eigenvalue weighted by molar-refractivity contribution is 0.262. The highest BCUT2D eigenvalue weighted by molar-refractivity contribution is 9.10. The Balaban J connectivity index is 2.08. The van der Waals surface area contributed by atoms with Gasteiger partial charge in [0.15, 0.2) is 5.13 Å². The molecule has 0 bridgehead atoms. The second-order valence-corrected chi connectivity index (χ2v) is 6.78. The topological polar surface area (TPSA) is 90.2 Å².